The number of ether oxygens (including phenoxy) is 2. The molecule has 1 heterocycles. The molecule has 0 unspecified atom stereocenters. The Morgan fingerprint density at radius 3 is 2.68 bits per heavy atom. The van der Waals surface area contributed by atoms with Crippen LogP contribution in [-0.2, 0) is 6.42 Å². The number of non-ortho nitro benzene ring substituents is 1. The van der Waals surface area contributed by atoms with Gasteiger partial charge in [-0.05, 0) is 42.8 Å². The Balaban J connectivity index is 0.00000341. The Bertz CT molecular complexity index is 955. The van der Waals surface area contributed by atoms with Crippen LogP contribution in [-0.4, -0.2) is 55.1 Å². The highest BCUT2D eigenvalue weighted by molar-refractivity contribution is 6.32. The number of amides is 1. The van der Waals surface area contributed by atoms with Gasteiger partial charge < -0.3 is 14.4 Å². The molecule has 1 atom stereocenters. The van der Waals surface area contributed by atoms with E-state index >= 15 is 0 Å². The third-order valence-corrected chi connectivity index (χ3v) is 5.38. The molecular formula is C21H25Cl2N3O5. The maximum Gasteiger partial charge on any atom is 0.414 e. The molecular weight excluding hydrogens is 445 g/mol. The predicted octanol–water partition coefficient (Wildman–Crippen LogP) is 4.73. The molecule has 0 saturated heterocycles. The number of nitrogens with zero attached hydrogens (tertiary/aromatic N) is 3. The number of nitro benzene ring substituents is 1. The molecule has 2 aromatic rings. The molecule has 0 radical (unpaired) electrons. The van der Waals surface area contributed by atoms with Crippen molar-refractivity contribution in [2.75, 3.05) is 34.3 Å². The van der Waals surface area contributed by atoms with Gasteiger partial charge in [0.25, 0.3) is 5.69 Å². The van der Waals surface area contributed by atoms with E-state index in [9.17, 15) is 14.9 Å². The van der Waals surface area contributed by atoms with Gasteiger partial charge >= 0.3 is 6.09 Å². The van der Waals surface area contributed by atoms with Crippen molar-refractivity contribution in [2.45, 2.75) is 18.9 Å². The number of hydrogen-bond donors (Lipinski definition) is 0. The molecule has 0 fully saturated rings. The summed E-state index contributed by atoms with van der Waals surface area (Å²) in [6, 6.07) is 10.0. The Morgan fingerprint density at radius 2 is 2.03 bits per heavy atom. The summed E-state index contributed by atoms with van der Waals surface area (Å²) in [7, 11) is 5.35. The minimum atomic E-state index is -0.492. The van der Waals surface area contributed by atoms with E-state index in [1.165, 1.54) is 28.7 Å². The first-order valence-corrected chi connectivity index (χ1v) is 9.93. The molecule has 168 valence electrons. The Labute approximate surface area is 192 Å². The molecule has 0 aliphatic carbocycles. The quantitative estimate of drug-likeness (QED) is 0.448. The zero-order valence-electron chi connectivity index (χ0n) is 17.5. The van der Waals surface area contributed by atoms with Crippen molar-refractivity contribution in [3.8, 4) is 11.5 Å². The van der Waals surface area contributed by atoms with Crippen LogP contribution in [0.1, 0.15) is 23.6 Å². The highest BCUT2D eigenvalue weighted by Crippen LogP contribution is 2.34. The number of fused-ring (bicyclic) bond motifs is 1. The molecule has 10 heteroatoms. The van der Waals surface area contributed by atoms with Gasteiger partial charge in [0.2, 0.25) is 0 Å². The molecule has 2 aromatic carbocycles. The van der Waals surface area contributed by atoms with Gasteiger partial charge in [-0.15, -0.1) is 12.4 Å². The van der Waals surface area contributed by atoms with Gasteiger partial charge in [0, 0.05) is 45.2 Å². The summed E-state index contributed by atoms with van der Waals surface area (Å²) in [4.78, 5) is 25.8. The molecule has 8 nitrogen and oxygen atoms in total. The van der Waals surface area contributed by atoms with Gasteiger partial charge in [-0.2, -0.15) is 0 Å². The standard InChI is InChI=1S/C21H24ClN3O5.ClH/c1-23(2)21(26)30-16-5-6-17-14(12-16)8-10-24(3)19(17)9-11-29-20-7-4-15(25(27)28)13-18(20)22;/h4-7,12-13,19H,8-11H2,1-3H3;1H/t19-;/m1./s1. The summed E-state index contributed by atoms with van der Waals surface area (Å²) in [6.45, 7) is 1.28. The van der Waals surface area contributed by atoms with Crippen LogP contribution in [0.25, 0.3) is 0 Å². The minimum Gasteiger partial charge on any atom is -0.492 e. The number of halogens is 2. The fraction of sp³-hybridized carbons (Fsp3) is 0.381. The summed E-state index contributed by atoms with van der Waals surface area (Å²) in [5.74, 6) is 0.955. The molecule has 0 bridgehead atoms. The third kappa shape index (κ3) is 6.00. The van der Waals surface area contributed by atoms with E-state index in [2.05, 4.69) is 11.9 Å². The van der Waals surface area contributed by atoms with Gasteiger partial charge in [-0.25, -0.2) is 4.79 Å². The van der Waals surface area contributed by atoms with Crippen LogP contribution in [0.2, 0.25) is 5.02 Å². The van der Waals surface area contributed by atoms with E-state index in [1.807, 2.05) is 12.1 Å². The summed E-state index contributed by atoms with van der Waals surface area (Å²) >= 11 is 6.10. The van der Waals surface area contributed by atoms with Gasteiger partial charge in [0.15, 0.2) is 0 Å². The molecule has 1 aliphatic heterocycles. The van der Waals surface area contributed by atoms with Gasteiger partial charge in [0.05, 0.1) is 16.6 Å². The lowest BCUT2D eigenvalue weighted by Gasteiger charge is -2.34. The predicted molar refractivity (Wildman–Crippen MR) is 121 cm³/mol. The van der Waals surface area contributed by atoms with E-state index in [0.717, 1.165) is 18.5 Å². The summed E-state index contributed by atoms with van der Waals surface area (Å²) in [6.07, 6.45) is 1.17. The number of hydrogen-bond acceptors (Lipinski definition) is 6. The highest BCUT2D eigenvalue weighted by Gasteiger charge is 2.25. The first-order chi connectivity index (χ1) is 14.3. The molecule has 1 amide bonds. The maximum absolute atomic E-state index is 11.8. The Hall–Kier alpha value is -2.55. The van der Waals surface area contributed by atoms with E-state index in [1.54, 1.807) is 20.2 Å². The number of likely N-dealkylation sites (N-methyl/N-ethyl adjacent to an activating group) is 1. The monoisotopic (exact) mass is 469 g/mol. The molecule has 31 heavy (non-hydrogen) atoms. The number of carbonyl (C=O) groups excluding carboxylic acids is 1. The maximum atomic E-state index is 11.8. The van der Waals surface area contributed by atoms with Crippen LogP contribution >= 0.6 is 24.0 Å². The number of benzene rings is 2. The fourth-order valence-electron chi connectivity index (χ4n) is 3.45. The number of nitro groups is 1. The van der Waals surface area contributed by atoms with Crippen LogP contribution in [0.15, 0.2) is 36.4 Å². The van der Waals surface area contributed by atoms with E-state index in [-0.39, 0.29) is 29.2 Å². The van der Waals surface area contributed by atoms with Crippen LogP contribution in [0, 0.1) is 10.1 Å². The minimum absolute atomic E-state index is 0. The summed E-state index contributed by atoms with van der Waals surface area (Å²) < 4.78 is 11.2. The van der Waals surface area contributed by atoms with E-state index < -0.39 is 11.0 Å². The topological polar surface area (TPSA) is 85.2 Å². The zero-order valence-corrected chi connectivity index (χ0v) is 19.1. The Morgan fingerprint density at radius 1 is 1.29 bits per heavy atom. The van der Waals surface area contributed by atoms with Gasteiger partial charge in [-0.3, -0.25) is 15.0 Å². The summed E-state index contributed by atoms with van der Waals surface area (Å²) in [5, 5.41) is 11.0. The van der Waals surface area contributed by atoms with Crippen molar-refractivity contribution in [1.82, 2.24) is 9.80 Å². The van der Waals surface area contributed by atoms with Crippen molar-refractivity contribution in [1.29, 1.82) is 0 Å². The molecule has 0 N–H and O–H groups in total. The normalized spacial score (nSPS) is 15.4. The van der Waals surface area contributed by atoms with Crippen molar-refractivity contribution >= 4 is 35.8 Å². The first-order valence-electron chi connectivity index (χ1n) is 9.55. The van der Waals surface area contributed by atoms with Gasteiger partial charge in [-0.1, -0.05) is 17.7 Å². The highest BCUT2D eigenvalue weighted by atomic mass is 35.5. The van der Waals surface area contributed by atoms with E-state index in [0.29, 0.717) is 24.5 Å². The van der Waals surface area contributed by atoms with Gasteiger partial charge in [0.1, 0.15) is 11.5 Å². The molecule has 0 aromatic heterocycles. The molecule has 1 aliphatic rings. The lowest BCUT2D eigenvalue weighted by Crippen LogP contribution is -2.33. The second-order valence-electron chi connectivity index (χ2n) is 7.38. The average molecular weight is 470 g/mol. The lowest BCUT2D eigenvalue weighted by molar-refractivity contribution is -0.384. The van der Waals surface area contributed by atoms with E-state index in [4.69, 9.17) is 21.1 Å². The van der Waals surface area contributed by atoms with Crippen LogP contribution in [0.5, 0.6) is 11.5 Å². The molecule has 0 saturated carbocycles. The smallest absolute Gasteiger partial charge is 0.414 e. The second-order valence-corrected chi connectivity index (χ2v) is 7.79. The zero-order chi connectivity index (χ0) is 21.8. The number of rotatable bonds is 6. The van der Waals surface area contributed by atoms with Crippen molar-refractivity contribution in [3.05, 3.63) is 62.7 Å². The van der Waals surface area contributed by atoms with Crippen LogP contribution in [0.4, 0.5) is 10.5 Å². The second kappa shape index (κ2) is 10.7. The third-order valence-electron chi connectivity index (χ3n) is 5.08. The Kier molecular flexibility index (Phi) is 8.50. The fourth-order valence-corrected chi connectivity index (χ4v) is 3.68. The van der Waals surface area contributed by atoms with Crippen molar-refractivity contribution < 1.29 is 19.2 Å². The average Bonchev–Trinajstić information content (AvgIpc) is 2.70. The summed E-state index contributed by atoms with van der Waals surface area (Å²) in [5.41, 5.74) is 2.25. The van der Waals surface area contributed by atoms with Crippen LogP contribution < -0.4 is 9.47 Å². The lowest BCUT2D eigenvalue weighted by atomic mass is 9.91. The molecule has 3 rings (SSSR count). The van der Waals surface area contributed by atoms with Crippen molar-refractivity contribution in [3.63, 3.8) is 0 Å². The molecule has 0 spiro atoms. The van der Waals surface area contributed by atoms with Crippen LogP contribution in [0.3, 0.4) is 0 Å². The largest absolute Gasteiger partial charge is 0.492 e. The first kappa shape index (κ1) is 24.7. The SMILES string of the molecule is CN(C)C(=O)Oc1ccc2c(c1)CCN(C)[C@@H]2CCOc1ccc([N+](=O)[O-])cc1Cl.Cl. The number of carbonyl (C=O) groups is 1. The van der Waals surface area contributed by atoms with Crippen molar-refractivity contribution in [2.24, 2.45) is 0 Å².